The SMILES string of the molecule is C=NC(=C(/C)N)/C(NC)=C(\C)N. The number of likely N-dealkylation sites (N-methyl/N-ethyl adjacent to an activating group) is 1. The molecule has 0 atom stereocenters. The summed E-state index contributed by atoms with van der Waals surface area (Å²) in [5.74, 6) is 0. The Labute approximate surface area is 73.0 Å². The summed E-state index contributed by atoms with van der Waals surface area (Å²) in [6, 6.07) is 0. The third-order valence-electron chi connectivity index (χ3n) is 1.41. The molecule has 0 amide bonds. The van der Waals surface area contributed by atoms with Gasteiger partial charge >= 0.3 is 0 Å². The van der Waals surface area contributed by atoms with Gasteiger partial charge < -0.3 is 16.8 Å². The topological polar surface area (TPSA) is 76.4 Å². The maximum Gasteiger partial charge on any atom is 0.105 e. The van der Waals surface area contributed by atoms with E-state index in [9.17, 15) is 0 Å². The Hall–Kier alpha value is -1.45. The fraction of sp³-hybridized carbons (Fsp3) is 0.375. The minimum Gasteiger partial charge on any atom is -0.401 e. The van der Waals surface area contributed by atoms with E-state index in [4.69, 9.17) is 11.5 Å². The van der Waals surface area contributed by atoms with Crippen molar-refractivity contribution in [3.63, 3.8) is 0 Å². The minimum absolute atomic E-state index is 0.596. The zero-order chi connectivity index (χ0) is 9.72. The van der Waals surface area contributed by atoms with Gasteiger partial charge in [0.25, 0.3) is 0 Å². The molecule has 0 spiro atoms. The quantitative estimate of drug-likeness (QED) is 0.418. The third kappa shape index (κ3) is 2.30. The maximum absolute atomic E-state index is 5.60. The lowest BCUT2D eigenvalue weighted by Crippen LogP contribution is -2.16. The van der Waals surface area contributed by atoms with Crippen molar-refractivity contribution >= 4 is 6.72 Å². The molecule has 0 radical (unpaired) electrons. The smallest absolute Gasteiger partial charge is 0.105 e. The lowest BCUT2D eigenvalue weighted by molar-refractivity contribution is 0.936. The van der Waals surface area contributed by atoms with Crippen LogP contribution >= 0.6 is 0 Å². The van der Waals surface area contributed by atoms with Crippen molar-refractivity contribution in [3.05, 3.63) is 22.8 Å². The molecule has 0 aliphatic carbocycles. The first-order valence-corrected chi connectivity index (χ1v) is 3.62. The average Bonchev–Trinajstić information content (AvgIpc) is 1.98. The van der Waals surface area contributed by atoms with Gasteiger partial charge in [-0.05, 0) is 20.6 Å². The molecule has 4 heteroatoms. The van der Waals surface area contributed by atoms with Gasteiger partial charge in [-0.25, -0.2) is 0 Å². The second-order valence-corrected chi connectivity index (χ2v) is 2.50. The van der Waals surface area contributed by atoms with Crippen molar-refractivity contribution in [3.8, 4) is 0 Å². The molecular weight excluding hydrogens is 152 g/mol. The number of nitrogens with one attached hydrogen (secondary N) is 1. The molecule has 0 fully saturated rings. The number of aliphatic imine (C=N–C) groups is 1. The molecule has 0 aromatic rings. The van der Waals surface area contributed by atoms with Gasteiger partial charge in [0.1, 0.15) is 5.70 Å². The van der Waals surface area contributed by atoms with Gasteiger partial charge in [-0.15, -0.1) is 0 Å². The molecule has 0 bridgehead atoms. The second kappa shape index (κ2) is 4.43. The highest BCUT2D eigenvalue weighted by Crippen LogP contribution is 2.11. The van der Waals surface area contributed by atoms with Crippen molar-refractivity contribution in [1.29, 1.82) is 0 Å². The van der Waals surface area contributed by atoms with Gasteiger partial charge in [-0.2, -0.15) is 0 Å². The van der Waals surface area contributed by atoms with E-state index in [1.165, 1.54) is 0 Å². The van der Waals surface area contributed by atoms with Crippen molar-refractivity contribution in [1.82, 2.24) is 5.32 Å². The Balaban J connectivity index is 5.12. The van der Waals surface area contributed by atoms with Crippen LogP contribution in [0.15, 0.2) is 27.8 Å². The molecule has 68 valence electrons. The summed E-state index contributed by atoms with van der Waals surface area (Å²) in [5, 5.41) is 2.92. The summed E-state index contributed by atoms with van der Waals surface area (Å²) in [6.07, 6.45) is 0. The van der Waals surface area contributed by atoms with E-state index in [1.54, 1.807) is 20.9 Å². The first-order chi connectivity index (χ1) is 5.54. The van der Waals surface area contributed by atoms with E-state index in [2.05, 4.69) is 17.0 Å². The predicted molar refractivity (Wildman–Crippen MR) is 52.4 cm³/mol. The van der Waals surface area contributed by atoms with Crippen LogP contribution in [0.1, 0.15) is 13.8 Å². The highest BCUT2D eigenvalue weighted by molar-refractivity contribution is 5.40. The highest BCUT2D eigenvalue weighted by Gasteiger charge is 2.05. The molecule has 12 heavy (non-hydrogen) atoms. The van der Waals surface area contributed by atoms with Gasteiger partial charge in [-0.3, -0.25) is 4.99 Å². The molecule has 0 saturated carbocycles. The zero-order valence-electron chi connectivity index (χ0n) is 7.81. The van der Waals surface area contributed by atoms with Crippen LogP contribution in [-0.4, -0.2) is 13.8 Å². The Kier molecular flexibility index (Phi) is 3.90. The van der Waals surface area contributed by atoms with Gasteiger partial charge in [0.2, 0.25) is 0 Å². The third-order valence-corrected chi connectivity index (χ3v) is 1.41. The lowest BCUT2D eigenvalue weighted by Gasteiger charge is -2.10. The lowest BCUT2D eigenvalue weighted by atomic mass is 10.2. The van der Waals surface area contributed by atoms with Crippen LogP contribution < -0.4 is 16.8 Å². The highest BCUT2D eigenvalue weighted by atomic mass is 14.9. The summed E-state index contributed by atoms with van der Waals surface area (Å²) in [5.41, 5.74) is 13.8. The standard InChI is InChI=1S/C8H16N4/c1-5(9)7(11-3)8(12-4)6(2)10/h12H,3,9-10H2,1-2,4H3/b7-5-,8-6-. The molecule has 0 aliphatic rings. The molecule has 0 unspecified atom stereocenters. The Morgan fingerprint density at radius 3 is 1.83 bits per heavy atom. The fourth-order valence-corrected chi connectivity index (χ4v) is 0.903. The number of allylic oxidation sites excluding steroid dienone is 2. The molecular formula is C8H16N4. The summed E-state index contributed by atoms with van der Waals surface area (Å²) in [4.78, 5) is 3.78. The van der Waals surface area contributed by atoms with Crippen LogP contribution in [0, 0.1) is 0 Å². The molecule has 5 N–H and O–H groups in total. The van der Waals surface area contributed by atoms with Gasteiger partial charge in [0.15, 0.2) is 0 Å². The Bertz CT molecular complexity index is 229. The van der Waals surface area contributed by atoms with Crippen molar-refractivity contribution < 1.29 is 0 Å². The van der Waals surface area contributed by atoms with Gasteiger partial charge in [-0.1, -0.05) is 0 Å². The van der Waals surface area contributed by atoms with Crippen molar-refractivity contribution in [2.75, 3.05) is 7.05 Å². The monoisotopic (exact) mass is 168 g/mol. The molecule has 0 aromatic carbocycles. The van der Waals surface area contributed by atoms with E-state index in [0.29, 0.717) is 17.1 Å². The number of nitrogens with zero attached hydrogens (tertiary/aromatic N) is 1. The van der Waals surface area contributed by atoms with Crippen LogP contribution in [0.2, 0.25) is 0 Å². The fourth-order valence-electron chi connectivity index (χ4n) is 0.903. The van der Waals surface area contributed by atoms with Gasteiger partial charge in [0.05, 0.1) is 5.70 Å². The van der Waals surface area contributed by atoms with Crippen LogP contribution in [0.25, 0.3) is 0 Å². The maximum atomic E-state index is 5.60. The Morgan fingerprint density at radius 1 is 1.25 bits per heavy atom. The Morgan fingerprint density at radius 2 is 1.75 bits per heavy atom. The minimum atomic E-state index is 0.596. The van der Waals surface area contributed by atoms with E-state index in [0.717, 1.165) is 5.70 Å². The molecule has 0 aromatic heterocycles. The van der Waals surface area contributed by atoms with E-state index in [1.807, 2.05) is 0 Å². The largest absolute Gasteiger partial charge is 0.401 e. The van der Waals surface area contributed by atoms with E-state index in [-0.39, 0.29) is 0 Å². The van der Waals surface area contributed by atoms with Crippen LogP contribution in [0.5, 0.6) is 0 Å². The number of hydrogen-bond donors (Lipinski definition) is 3. The van der Waals surface area contributed by atoms with E-state index >= 15 is 0 Å². The van der Waals surface area contributed by atoms with Crippen molar-refractivity contribution in [2.45, 2.75) is 13.8 Å². The summed E-state index contributed by atoms with van der Waals surface area (Å²) in [6.45, 7) is 6.95. The second-order valence-electron chi connectivity index (χ2n) is 2.50. The first-order valence-electron chi connectivity index (χ1n) is 3.62. The molecule has 0 heterocycles. The molecule has 0 saturated heterocycles. The van der Waals surface area contributed by atoms with Crippen LogP contribution in [-0.2, 0) is 0 Å². The number of hydrogen-bond acceptors (Lipinski definition) is 4. The zero-order valence-corrected chi connectivity index (χ0v) is 7.81. The number of rotatable bonds is 3. The summed E-state index contributed by atoms with van der Waals surface area (Å²) in [7, 11) is 1.76. The normalized spacial score (nSPS) is 14.6. The van der Waals surface area contributed by atoms with E-state index < -0.39 is 0 Å². The summed E-state index contributed by atoms with van der Waals surface area (Å²) < 4.78 is 0. The first kappa shape index (κ1) is 10.6. The van der Waals surface area contributed by atoms with Crippen LogP contribution in [0.3, 0.4) is 0 Å². The number of nitrogens with two attached hydrogens (primary N) is 2. The molecule has 0 aliphatic heterocycles. The summed E-state index contributed by atoms with van der Waals surface area (Å²) >= 11 is 0. The predicted octanol–water partition coefficient (Wildman–Crippen LogP) is 0.287. The van der Waals surface area contributed by atoms with Gasteiger partial charge in [0, 0.05) is 18.4 Å². The average molecular weight is 168 g/mol. The van der Waals surface area contributed by atoms with Crippen LogP contribution in [0.4, 0.5) is 0 Å². The molecule has 4 nitrogen and oxygen atoms in total. The van der Waals surface area contributed by atoms with Crippen molar-refractivity contribution in [2.24, 2.45) is 16.5 Å². The molecule has 0 rings (SSSR count).